The number of rotatable bonds is 6. The van der Waals surface area contributed by atoms with Crippen molar-refractivity contribution < 1.29 is 9.59 Å². The maximum atomic E-state index is 11.9. The molecule has 0 aliphatic heterocycles. The van der Waals surface area contributed by atoms with Crippen LogP contribution in [0.25, 0.3) is 0 Å². The zero-order chi connectivity index (χ0) is 16.7. The van der Waals surface area contributed by atoms with Crippen molar-refractivity contribution in [3.63, 3.8) is 0 Å². The number of carbonyl (C=O) groups excluding carboxylic acids is 2. The number of thioether (sulfide) groups is 1. The highest BCUT2D eigenvalue weighted by atomic mass is 79.9. The third-order valence-electron chi connectivity index (χ3n) is 2.74. The van der Waals surface area contributed by atoms with Crippen molar-refractivity contribution in [3.05, 3.63) is 57.5 Å². The van der Waals surface area contributed by atoms with E-state index in [1.165, 1.54) is 11.8 Å². The van der Waals surface area contributed by atoms with Gasteiger partial charge in [-0.15, -0.1) is 11.8 Å². The van der Waals surface area contributed by atoms with E-state index in [4.69, 9.17) is 0 Å². The van der Waals surface area contributed by atoms with E-state index >= 15 is 0 Å². The molecule has 2 aromatic carbocycles. The summed E-state index contributed by atoms with van der Waals surface area (Å²) in [5.41, 5.74) is 1.45. The van der Waals surface area contributed by atoms with Gasteiger partial charge in [0.25, 0.3) is 0 Å². The molecule has 0 aromatic heterocycles. The maximum Gasteiger partial charge on any atom is 0.234 e. The summed E-state index contributed by atoms with van der Waals surface area (Å²) in [5.74, 6) is 0.165. The van der Waals surface area contributed by atoms with Gasteiger partial charge >= 0.3 is 0 Å². The van der Waals surface area contributed by atoms with E-state index in [9.17, 15) is 9.59 Å². The summed E-state index contributed by atoms with van der Waals surface area (Å²) in [7, 11) is 0. The summed E-state index contributed by atoms with van der Waals surface area (Å²) in [6.07, 6.45) is 0. The predicted molar refractivity (Wildman–Crippen MR) is 103 cm³/mol. The fourth-order valence-electron chi connectivity index (χ4n) is 1.72. The molecule has 0 aliphatic carbocycles. The number of carbonyl (C=O) groups is 2. The van der Waals surface area contributed by atoms with E-state index in [-0.39, 0.29) is 23.3 Å². The van der Waals surface area contributed by atoms with Crippen LogP contribution >= 0.6 is 43.6 Å². The molecule has 0 saturated carbocycles. The Labute approximate surface area is 155 Å². The van der Waals surface area contributed by atoms with E-state index in [0.717, 1.165) is 20.3 Å². The fraction of sp³-hybridized carbons (Fsp3) is 0.125. The quantitative estimate of drug-likeness (QED) is 0.670. The molecule has 0 aliphatic rings. The smallest absolute Gasteiger partial charge is 0.234 e. The van der Waals surface area contributed by atoms with Crippen LogP contribution in [0.15, 0.2) is 57.5 Å². The SMILES string of the molecule is O=C(CSCC(=O)Nc1ccccc1Br)Nc1ccc(Br)cc1. The monoisotopic (exact) mass is 456 g/mol. The lowest BCUT2D eigenvalue weighted by Crippen LogP contribution is -2.18. The van der Waals surface area contributed by atoms with Crippen molar-refractivity contribution in [1.82, 2.24) is 0 Å². The Kier molecular flexibility index (Phi) is 7.14. The van der Waals surface area contributed by atoms with Gasteiger partial charge in [-0.3, -0.25) is 9.59 Å². The second-order valence-electron chi connectivity index (χ2n) is 4.58. The van der Waals surface area contributed by atoms with Crippen LogP contribution in [0.5, 0.6) is 0 Å². The molecule has 0 heterocycles. The number of para-hydroxylation sites is 1. The first-order chi connectivity index (χ1) is 11.0. The van der Waals surface area contributed by atoms with E-state index in [0.29, 0.717) is 0 Å². The molecule has 120 valence electrons. The topological polar surface area (TPSA) is 58.2 Å². The number of benzene rings is 2. The molecule has 0 saturated heterocycles. The van der Waals surface area contributed by atoms with Gasteiger partial charge in [-0.25, -0.2) is 0 Å². The molecule has 0 atom stereocenters. The lowest BCUT2D eigenvalue weighted by Gasteiger charge is -2.07. The Morgan fingerprint density at radius 3 is 2.13 bits per heavy atom. The minimum absolute atomic E-state index is 0.133. The standard InChI is InChI=1S/C16H14Br2N2O2S/c17-11-5-7-12(8-6-11)19-15(21)9-23-10-16(22)20-14-4-2-1-3-13(14)18/h1-8H,9-10H2,(H,19,21)(H,20,22). The van der Waals surface area contributed by atoms with Gasteiger partial charge in [0.1, 0.15) is 0 Å². The second kappa shape index (κ2) is 9.10. The Bertz CT molecular complexity index is 693. The second-order valence-corrected chi connectivity index (χ2v) is 7.33. The van der Waals surface area contributed by atoms with E-state index < -0.39 is 0 Å². The van der Waals surface area contributed by atoms with Crippen molar-refractivity contribution in [2.75, 3.05) is 22.1 Å². The Hall–Kier alpha value is -1.31. The van der Waals surface area contributed by atoms with Crippen LogP contribution < -0.4 is 10.6 Å². The molecule has 2 N–H and O–H groups in total. The molecular formula is C16H14Br2N2O2S. The van der Waals surface area contributed by atoms with Crippen LogP contribution in [-0.4, -0.2) is 23.3 Å². The number of halogens is 2. The van der Waals surface area contributed by atoms with Crippen LogP contribution in [0.4, 0.5) is 11.4 Å². The van der Waals surface area contributed by atoms with Crippen LogP contribution in [0.1, 0.15) is 0 Å². The third kappa shape index (κ3) is 6.37. The minimum Gasteiger partial charge on any atom is -0.325 e. The van der Waals surface area contributed by atoms with Crippen LogP contribution in [0, 0.1) is 0 Å². The molecule has 0 bridgehead atoms. The lowest BCUT2D eigenvalue weighted by molar-refractivity contribution is -0.114. The highest BCUT2D eigenvalue weighted by molar-refractivity contribution is 9.10. The molecule has 0 unspecified atom stereocenters. The normalized spacial score (nSPS) is 10.2. The van der Waals surface area contributed by atoms with E-state index in [1.807, 2.05) is 48.5 Å². The van der Waals surface area contributed by atoms with Gasteiger partial charge in [-0.05, 0) is 52.3 Å². The van der Waals surface area contributed by atoms with Gasteiger partial charge in [-0.1, -0.05) is 28.1 Å². The third-order valence-corrected chi connectivity index (χ3v) is 4.90. The summed E-state index contributed by atoms with van der Waals surface area (Å²) in [5, 5.41) is 5.58. The Morgan fingerprint density at radius 1 is 0.870 bits per heavy atom. The maximum absolute atomic E-state index is 11.9. The van der Waals surface area contributed by atoms with Gasteiger partial charge in [-0.2, -0.15) is 0 Å². The largest absolute Gasteiger partial charge is 0.325 e. The van der Waals surface area contributed by atoms with E-state index in [2.05, 4.69) is 42.5 Å². The Balaban J connectivity index is 1.72. The van der Waals surface area contributed by atoms with Gasteiger partial charge in [0.2, 0.25) is 11.8 Å². The lowest BCUT2D eigenvalue weighted by atomic mass is 10.3. The predicted octanol–water partition coefficient (Wildman–Crippen LogP) is 4.52. The summed E-state index contributed by atoms with van der Waals surface area (Å²) in [6.45, 7) is 0. The number of hydrogen-bond donors (Lipinski definition) is 2. The van der Waals surface area contributed by atoms with Gasteiger partial charge in [0.05, 0.1) is 17.2 Å². The first kappa shape index (κ1) is 18.0. The molecule has 0 radical (unpaired) electrons. The summed E-state index contributed by atoms with van der Waals surface area (Å²) >= 11 is 7.97. The first-order valence-corrected chi connectivity index (χ1v) is 9.46. The van der Waals surface area contributed by atoms with Crippen molar-refractivity contribution in [2.45, 2.75) is 0 Å². The molecule has 23 heavy (non-hydrogen) atoms. The molecule has 2 rings (SSSR count). The molecule has 2 amide bonds. The molecule has 0 fully saturated rings. The van der Waals surface area contributed by atoms with Crippen molar-refractivity contribution in [3.8, 4) is 0 Å². The highest BCUT2D eigenvalue weighted by Crippen LogP contribution is 2.21. The average molecular weight is 458 g/mol. The summed E-state index contributed by atoms with van der Waals surface area (Å²) < 4.78 is 1.78. The van der Waals surface area contributed by atoms with Crippen molar-refractivity contribution in [2.24, 2.45) is 0 Å². The van der Waals surface area contributed by atoms with E-state index in [1.54, 1.807) is 0 Å². The minimum atomic E-state index is -0.140. The average Bonchev–Trinajstić information content (AvgIpc) is 2.52. The molecule has 2 aromatic rings. The van der Waals surface area contributed by atoms with Gasteiger partial charge in [0.15, 0.2) is 0 Å². The van der Waals surface area contributed by atoms with Crippen LogP contribution in [0.2, 0.25) is 0 Å². The van der Waals surface area contributed by atoms with Gasteiger partial charge < -0.3 is 10.6 Å². The first-order valence-electron chi connectivity index (χ1n) is 6.72. The highest BCUT2D eigenvalue weighted by Gasteiger charge is 2.08. The van der Waals surface area contributed by atoms with Crippen molar-refractivity contribution >= 4 is 66.8 Å². The molecule has 7 heteroatoms. The fourth-order valence-corrected chi connectivity index (χ4v) is 2.98. The number of anilines is 2. The summed E-state index contributed by atoms with van der Waals surface area (Å²) in [4.78, 5) is 23.7. The summed E-state index contributed by atoms with van der Waals surface area (Å²) in [6, 6.07) is 14.7. The number of hydrogen-bond acceptors (Lipinski definition) is 3. The zero-order valence-corrected chi connectivity index (χ0v) is 16.0. The molecule has 4 nitrogen and oxygen atoms in total. The van der Waals surface area contributed by atoms with Crippen LogP contribution in [-0.2, 0) is 9.59 Å². The zero-order valence-electron chi connectivity index (χ0n) is 12.0. The van der Waals surface area contributed by atoms with Crippen molar-refractivity contribution in [1.29, 1.82) is 0 Å². The van der Waals surface area contributed by atoms with Gasteiger partial charge in [0, 0.05) is 14.6 Å². The molecular weight excluding hydrogens is 444 g/mol. The number of nitrogens with one attached hydrogen (secondary N) is 2. The Morgan fingerprint density at radius 2 is 1.48 bits per heavy atom. The number of amides is 2. The molecule has 0 spiro atoms. The van der Waals surface area contributed by atoms with Crippen LogP contribution in [0.3, 0.4) is 0 Å².